The number of carbonyl (C=O) groups excluding carboxylic acids is 2. The van der Waals surface area contributed by atoms with Gasteiger partial charge in [-0.3, -0.25) is 14.6 Å². The Morgan fingerprint density at radius 3 is 2.55 bits per heavy atom. The van der Waals surface area contributed by atoms with Gasteiger partial charge >= 0.3 is 0 Å². The number of pyridine rings is 1. The molecule has 1 amide bonds. The summed E-state index contributed by atoms with van der Waals surface area (Å²) in [4.78, 5) is 32.6. The molecule has 1 aromatic heterocycles. The molecule has 2 aromatic carbocycles. The number of aliphatic hydroxyl groups excluding tert-OH is 1. The van der Waals surface area contributed by atoms with Gasteiger partial charge in [-0.1, -0.05) is 39.0 Å². The molecule has 0 aliphatic carbocycles. The van der Waals surface area contributed by atoms with Crippen molar-refractivity contribution in [2.24, 2.45) is 5.92 Å². The molecule has 3 aromatic rings. The van der Waals surface area contributed by atoms with Crippen molar-refractivity contribution in [1.29, 1.82) is 0 Å². The molecule has 1 atom stereocenters. The van der Waals surface area contributed by atoms with Crippen LogP contribution < -0.4 is 9.47 Å². The average molecular weight is 515 g/mol. The third kappa shape index (κ3) is 5.88. The number of nitrogens with zero attached hydrogens (tertiary/aromatic N) is 2. The second kappa shape index (κ2) is 11.9. The first-order valence-electron chi connectivity index (χ1n) is 12.9. The van der Waals surface area contributed by atoms with Crippen molar-refractivity contribution in [3.8, 4) is 11.5 Å². The number of ketones is 1. The minimum atomic E-state index is -0.809. The van der Waals surface area contributed by atoms with E-state index in [1.54, 1.807) is 36.5 Å². The molecule has 198 valence electrons. The van der Waals surface area contributed by atoms with Crippen molar-refractivity contribution in [1.82, 2.24) is 9.88 Å². The second-order valence-corrected chi connectivity index (χ2v) is 9.85. The van der Waals surface area contributed by atoms with Gasteiger partial charge in [-0.05, 0) is 72.9 Å². The van der Waals surface area contributed by atoms with Gasteiger partial charge < -0.3 is 19.5 Å². The van der Waals surface area contributed by atoms with E-state index < -0.39 is 17.7 Å². The largest absolute Gasteiger partial charge is 0.507 e. The van der Waals surface area contributed by atoms with Crippen LogP contribution >= 0.6 is 0 Å². The predicted molar refractivity (Wildman–Crippen MR) is 146 cm³/mol. The number of ether oxygens (including phenoxy) is 2. The number of aromatic nitrogens is 1. The summed E-state index contributed by atoms with van der Waals surface area (Å²) >= 11 is 0. The molecule has 0 spiro atoms. The van der Waals surface area contributed by atoms with E-state index in [-0.39, 0.29) is 17.9 Å². The summed E-state index contributed by atoms with van der Waals surface area (Å²) in [6, 6.07) is 17.2. The summed E-state index contributed by atoms with van der Waals surface area (Å²) in [6.45, 7) is 9.27. The fourth-order valence-electron chi connectivity index (χ4n) is 4.42. The minimum Gasteiger partial charge on any atom is -0.507 e. The van der Waals surface area contributed by atoms with E-state index in [2.05, 4.69) is 18.8 Å². The molecule has 0 radical (unpaired) electrons. The predicted octanol–water partition coefficient (Wildman–Crippen LogP) is 5.84. The van der Waals surface area contributed by atoms with E-state index >= 15 is 0 Å². The first-order valence-corrected chi connectivity index (χ1v) is 12.9. The molecule has 2 heterocycles. The monoisotopic (exact) mass is 514 g/mol. The van der Waals surface area contributed by atoms with Crippen molar-refractivity contribution in [3.05, 3.63) is 94.8 Å². The molecule has 1 aliphatic heterocycles. The van der Waals surface area contributed by atoms with Crippen LogP contribution in [-0.2, 0) is 16.1 Å². The normalized spacial score (nSPS) is 16.8. The summed E-state index contributed by atoms with van der Waals surface area (Å²) < 4.78 is 11.7. The van der Waals surface area contributed by atoms with Crippen LogP contribution in [0.15, 0.2) is 72.4 Å². The summed E-state index contributed by atoms with van der Waals surface area (Å²) in [5.41, 5.74) is 2.61. The third-order valence-electron chi connectivity index (χ3n) is 6.27. The van der Waals surface area contributed by atoms with Gasteiger partial charge in [0, 0.05) is 11.8 Å². The smallest absolute Gasteiger partial charge is 0.296 e. The van der Waals surface area contributed by atoms with Crippen molar-refractivity contribution >= 4 is 17.4 Å². The van der Waals surface area contributed by atoms with Crippen molar-refractivity contribution in [2.75, 3.05) is 13.2 Å². The highest BCUT2D eigenvalue weighted by molar-refractivity contribution is 6.46. The number of likely N-dealkylation sites (tertiary alicyclic amines) is 1. The molecule has 0 saturated carbocycles. The zero-order chi connectivity index (χ0) is 27.2. The van der Waals surface area contributed by atoms with Crippen molar-refractivity contribution in [2.45, 2.75) is 46.7 Å². The first kappa shape index (κ1) is 26.9. The SMILES string of the molecule is CCCOc1ccc(/C(O)=C2\C(=O)C(=O)N(Cc3ccccn3)C2c2cccc(OCC(C)C)c2)cc1C. The van der Waals surface area contributed by atoms with Crippen LogP contribution in [0, 0.1) is 12.8 Å². The third-order valence-corrected chi connectivity index (χ3v) is 6.27. The number of rotatable bonds is 10. The second-order valence-electron chi connectivity index (χ2n) is 9.85. The van der Waals surface area contributed by atoms with E-state index in [1.807, 2.05) is 44.2 Å². The number of carbonyl (C=O) groups is 2. The van der Waals surface area contributed by atoms with E-state index in [1.165, 1.54) is 4.90 Å². The standard InChI is InChI=1S/C31H34N2O5/c1-5-15-37-26-13-12-23(16-21(26)4)29(34)27-28(22-9-8-11-25(17-22)38-19-20(2)3)33(31(36)30(27)35)18-24-10-6-7-14-32-24/h6-14,16-17,20,28,34H,5,15,18-19H2,1-4H3/b29-27+. The van der Waals surface area contributed by atoms with E-state index in [9.17, 15) is 14.7 Å². The van der Waals surface area contributed by atoms with Gasteiger partial charge in [0.25, 0.3) is 11.7 Å². The topological polar surface area (TPSA) is 89.0 Å². The lowest BCUT2D eigenvalue weighted by molar-refractivity contribution is -0.140. The van der Waals surface area contributed by atoms with Crippen LogP contribution in [-0.4, -0.2) is 39.9 Å². The highest BCUT2D eigenvalue weighted by Crippen LogP contribution is 2.41. The van der Waals surface area contributed by atoms with Gasteiger partial charge in [0.2, 0.25) is 0 Å². The van der Waals surface area contributed by atoms with Crippen LogP contribution in [0.1, 0.15) is 55.6 Å². The van der Waals surface area contributed by atoms with Crippen LogP contribution in [0.5, 0.6) is 11.5 Å². The molecule has 1 fully saturated rings. The Balaban J connectivity index is 1.80. The molecular formula is C31H34N2O5. The lowest BCUT2D eigenvalue weighted by Gasteiger charge is -2.25. The highest BCUT2D eigenvalue weighted by Gasteiger charge is 2.46. The number of hydrogen-bond acceptors (Lipinski definition) is 6. The van der Waals surface area contributed by atoms with Crippen LogP contribution in [0.2, 0.25) is 0 Å². The van der Waals surface area contributed by atoms with Gasteiger partial charge in [0.05, 0.1) is 37.1 Å². The molecule has 7 heteroatoms. The van der Waals surface area contributed by atoms with E-state index in [4.69, 9.17) is 9.47 Å². The van der Waals surface area contributed by atoms with Gasteiger partial charge in [0.1, 0.15) is 17.3 Å². The molecule has 1 saturated heterocycles. The Morgan fingerprint density at radius 2 is 1.87 bits per heavy atom. The number of benzene rings is 2. The first-order chi connectivity index (χ1) is 18.3. The van der Waals surface area contributed by atoms with Crippen LogP contribution in [0.4, 0.5) is 0 Å². The lowest BCUT2D eigenvalue weighted by Crippen LogP contribution is -2.29. The number of amides is 1. The Morgan fingerprint density at radius 1 is 1.05 bits per heavy atom. The Hall–Kier alpha value is -4.13. The molecule has 0 bridgehead atoms. The van der Waals surface area contributed by atoms with Crippen molar-refractivity contribution in [3.63, 3.8) is 0 Å². The maximum Gasteiger partial charge on any atom is 0.296 e. The van der Waals surface area contributed by atoms with Crippen molar-refractivity contribution < 1.29 is 24.2 Å². The summed E-state index contributed by atoms with van der Waals surface area (Å²) in [6.07, 6.45) is 2.52. The molecular weight excluding hydrogens is 480 g/mol. The maximum atomic E-state index is 13.4. The Bertz CT molecular complexity index is 1330. The summed E-state index contributed by atoms with van der Waals surface area (Å²) in [5, 5.41) is 11.5. The molecule has 7 nitrogen and oxygen atoms in total. The summed E-state index contributed by atoms with van der Waals surface area (Å²) in [5.74, 6) is 0.0335. The van der Waals surface area contributed by atoms with Crippen LogP contribution in [0.3, 0.4) is 0 Å². The molecule has 4 rings (SSSR count). The van der Waals surface area contributed by atoms with Gasteiger partial charge in [-0.25, -0.2) is 0 Å². The Kier molecular flexibility index (Phi) is 8.46. The van der Waals surface area contributed by atoms with Gasteiger partial charge in [-0.15, -0.1) is 0 Å². The van der Waals surface area contributed by atoms with E-state index in [0.29, 0.717) is 47.5 Å². The van der Waals surface area contributed by atoms with E-state index in [0.717, 1.165) is 12.0 Å². The fraction of sp³-hybridized carbons (Fsp3) is 0.323. The lowest BCUT2D eigenvalue weighted by atomic mass is 9.94. The van der Waals surface area contributed by atoms with Gasteiger partial charge in [0.15, 0.2) is 0 Å². The minimum absolute atomic E-state index is 0.0357. The van der Waals surface area contributed by atoms with Gasteiger partial charge in [-0.2, -0.15) is 0 Å². The molecule has 1 unspecified atom stereocenters. The fourth-order valence-corrected chi connectivity index (χ4v) is 4.42. The zero-order valence-electron chi connectivity index (χ0n) is 22.3. The molecule has 1 aliphatic rings. The number of aliphatic hydroxyl groups is 1. The number of hydrogen-bond donors (Lipinski definition) is 1. The number of aryl methyl sites for hydroxylation is 1. The highest BCUT2D eigenvalue weighted by atomic mass is 16.5. The summed E-state index contributed by atoms with van der Waals surface area (Å²) in [7, 11) is 0. The Labute approximate surface area is 223 Å². The van der Waals surface area contributed by atoms with Crippen LogP contribution in [0.25, 0.3) is 5.76 Å². The number of Topliss-reactive ketones (excluding diaryl/α,β-unsaturated/α-hetero) is 1. The molecule has 38 heavy (non-hydrogen) atoms. The molecule has 1 N–H and O–H groups in total. The maximum absolute atomic E-state index is 13.4. The quantitative estimate of drug-likeness (QED) is 0.208. The average Bonchev–Trinajstić information content (AvgIpc) is 3.16. The zero-order valence-corrected chi connectivity index (χ0v) is 22.3.